The summed E-state index contributed by atoms with van der Waals surface area (Å²) in [6, 6.07) is 7.98. The molecule has 0 spiro atoms. The fourth-order valence-electron chi connectivity index (χ4n) is 2.27. The molecule has 2 rings (SSSR count). The molecule has 1 aromatic carbocycles. The molecule has 2 aromatic rings. The third-order valence-electron chi connectivity index (χ3n) is 3.32. The summed E-state index contributed by atoms with van der Waals surface area (Å²) in [5, 5.41) is 2.95. The molecule has 21 heavy (non-hydrogen) atoms. The molecule has 5 heteroatoms. The molecule has 1 aromatic heterocycles. The molecule has 0 aliphatic carbocycles. The molecule has 0 fully saturated rings. The van der Waals surface area contributed by atoms with E-state index < -0.39 is 0 Å². The van der Waals surface area contributed by atoms with Crippen LogP contribution < -0.4 is 5.32 Å². The summed E-state index contributed by atoms with van der Waals surface area (Å²) in [5.74, 6) is 2.03. The van der Waals surface area contributed by atoms with E-state index in [9.17, 15) is 4.79 Å². The number of fused-ring (bicyclic) bond motifs is 1. The number of carbonyl (C=O) groups is 1. The molecule has 4 nitrogen and oxygen atoms in total. The molecule has 0 saturated carbocycles. The lowest BCUT2D eigenvalue weighted by Crippen LogP contribution is -2.28. The number of hydrogen-bond donors (Lipinski definition) is 1. The monoisotopic (exact) mass is 307 g/mol. The molecule has 1 heterocycles. The average Bonchev–Trinajstić information content (AvgIpc) is 2.81. The standard InChI is InChI=1S/C16H22ClN3O/c1-12(2)11-18-16(21)8-10-20-14-6-4-3-5-13(14)19-15(20)7-9-17/h3-6,12H,7-11H2,1-2H3,(H,18,21). The molecule has 0 radical (unpaired) electrons. The first-order valence-electron chi connectivity index (χ1n) is 7.38. The predicted molar refractivity (Wildman–Crippen MR) is 86.6 cm³/mol. The zero-order valence-corrected chi connectivity index (χ0v) is 13.4. The van der Waals surface area contributed by atoms with Gasteiger partial charge in [-0.2, -0.15) is 0 Å². The number of hydrogen-bond acceptors (Lipinski definition) is 2. The first-order valence-corrected chi connectivity index (χ1v) is 7.92. The number of para-hydroxylation sites is 2. The third kappa shape index (κ3) is 4.21. The Kier molecular flexibility index (Phi) is 5.62. The van der Waals surface area contributed by atoms with Crippen LogP contribution in [0.3, 0.4) is 0 Å². The lowest BCUT2D eigenvalue weighted by Gasteiger charge is -2.10. The van der Waals surface area contributed by atoms with Crippen molar-refractivity contribution in [3.63, 3.8) is 0 Å². The first-order chi connectivity index (χ1) is 10.1. The minimum Gasteiger partial charge on any atom is -0.356 e. The second-order valence-electron chi connectivity index (χ2n) is 5.56. The zero-order chi connectivity index (χ0) is 15.2. The summed E-state index contributed by atoms with van der Waals surface area (Å²) in [4.78, 5) is 16.5. The topological polar surface area (TPSA) is 46.9 Å². The third-order valence-corrected chi connectivity index (χ3v) is 3.51. The average molecular weight is 308 g/mol. The van der Waals surface area contributed by atoms with E-state index in [0.29, 0.717) is 31.2 Å². The van der Waals surface area contributed by atoms with Crippen LogP contribution in [0.15, 0.2) is 24.3 Å². The minimum absolute atomic E-state index is 0.0818. The van der Waals surface area contributed by atoms with Gasteiger partial charge in [-0.15, -0.1) is 11.6 Å². The Balaban J connectivity index is 2.09. The van der Waals surface area contributed by atoms with Crippen molar-refractivity contribution in [1.82, 2.24) is 14.9 Å². The van der Waals surface area contributed by atoms with Crippen molar-refractivity contribution < 1.29 is 4.79 Å². The molecule has 1 amide bonds. The van der Waals surface area contributed by atoms with Gasteiger partial charge in [0.25, 0.3) is 0 Å². The smallest absolute Gasteiger partial charge is 0.221 e. The number of amides is 1. The van der Waals surface area contributed by atoms with Crippen LogP contribution in [0.4, 0.5) is 0 Å². The number of alkyl halides is 1. The maximum atomic E-state index is 11.9. The lowest BCUT2D eigenvalue weighted by molar-refractivity contribution is -0.121. The maximum Gasteiger partial charge on any atom is 0.221 e. The minimum atomic E-state index is 0.0818. The zero-order valence-electron chi connectivity index (χ0n) is 12.6. The van der Waals surface area contributed by atoms with Crippen LogP contribution >= 0.6 is 11.6 Å². The summed E-state index contributed by atoms with van der Waals surface area (Å²) in [6.07, 6.45) is 1.17. The van der Waals surface area contributed by atoms with Gasteiger partial charge in [0.05, 0.1) is 11.0 Å². The van der Waals surface area contributed by atoms with E-state index in [-0.39, 0.29) is 5.91 Å². The van der Waals surface area contributed by atoms with Gasteiger partial charge < -0.3 is 9.88 Å². The Bertz CT molecular complexity index is 607. The van der Waals surface area contributed by atoms with E-state index in [2.05, 4.69) is 28.7 Å². The van der Waals surface area contributed by atoms with Gasteiger partial charge in [0.1, 0.15) is 5.82 Å². The number of carbonyl (C=O) groups excluding carboxylic acids is 1. The number of halogens is 1. The van der Waals surface area contributed by atoms with Crippen molar-refractivity contribution in [3.8, 4) is 0 Å². The Morgan fingerprint density at radius 1 is 1.38 bits per heavy atom. The van der Waals surface area contributed by atoms with Crippen molar-refractivity contribution in [3.05, 3.63) is 30.1 Å². The molecule has 1 N–H and O–H groups in total. The summed E-state index contributed by atoms with van der Waals surface area (Å²) in [5.41, 5.74) is 2.02. The number of imidazole rings is 1. The largest absolute Gasteiger partial charge is 0.356 e. The highest BCUT2D eigenvalue weighted by atomic mass is 35.5. The molecule has 0 bridgehead atoms. The predicted octanol–water partition coefficient (Wildman–Crippen LogP) is 2.98. The van der Waals surface area contributed by atoms with Crippen LogP contribution in [0.5, 0.6) is 0 Å². The molecule has 0 unspecified atom stereocenters. The molecule has 0 atom stereocenters. The number of aromatic nitrogens is 2. The van der Waals surface area contributed by atoms with Crippen molar-refractivity contribution in [2.24, 2.45) is 5.92 Å². The molecule has 0 aliphatic heterocycles. The number of benzene rings is 1. The highest BCUT2D eigenvalue weighted by molar-refractivity contribution is 6.17. The van der Waals surface area contributed by atoms with Crippen LogP contribution in [0.25, 0.3) is 11.0 Å². The van der Waals surface area contributed by atoms with E-state index in [1.165, 1.54) is 0 Å². The van der Waals surface area contributed by atoms with Gasteiger partial charge in [0, 0.05) is 31.8 Å². The number of rotatable bonds is 7. The highest BCUT2D eigenvalue weighted by Crippen LogP contribution is 2.17. The summed E-state index contributed by atoms with van der Waals surface area (Å²) in [6.45, 7) is 5.53. The maximum absolute atomic E-state index is 11.9. The van der Waals surface area contributed by atoms with Gasteiger partial charge in [-0.1, -0.05) is 26.0 Å². The first kappa shape index (κ1) is 15.8. The van der Waals surface area contributed by atoms with Crippen molar-refractivity contribution >= 4 is 28.5 Å². The Morgan fingerprint density at radius 2 is 2.14 bits per heavy atom. The molecular formula is C16H22ClN3O. The van der Waals surface area contributed by atoms with Gasteiger partial charge in [-0.25, -0.2) is 4.98 Å². The van der Waals surface area contributed by atoms with Crippen LogP contribution in [0.1, 0.15) is 26.1 Å². The van der Waals surface area contributed by atoms with Crippen molar-refractivity contribution in [1.29, 1.82) is 0 Å². The summed E-state index contributed by atoms with van der Waals surface area (Å²) >= 11 is 5.85. The van der Waals surface area contributed by atoms with Crippen LogP contribution in [-0.2, 0) is 17.8 Å². The number of nitrogens with one attached hydrogen (secondary N) is 1. The number of nitrogens with zero attached hydrogens (tertiary/aromatic N) is 2. The van der Waals surface area contributed by atoms with Crippen LogP contribution in [0, 0.1) is 5.92 Å². The normalized spacial score (nSPS) is 11.2. The Hall–Kier alpha value is -1.55. The quantitative estimate of drug-likeness (QED) is 0.799. The summed E-state index contributed by atoms with van der Waals surface area (Å²) < 4.78 is 2.10. The fourth-order valence-corrected chi connectivity index (χ4v) is 2.44. The molecule has 0 aliphatic rings. The molecule has 114 valence electrons. The van der Waals surface area contributed by atoms with Gasteiger partial charge >= 0.3 is 0 Å². The van der Waals surface area contributed by atoms with E-state index >= 15 is 0 Å². The van der Waals surface area contributed by atoms with E-state index in [0.717, 1.165) is 23.4 Å². The van der Waals surface area contributed by atoms with Gasteiger partial charge in [0.2, 0.25) is 5.91 Å². The van der Waals surface area contributed by atoms with Gasteiger partial charge in [0.15, 0.2) is 0 Å². The second kappa shape index (κ2) is 7.46. The second-order valence-corrected chi connectivity index (χ2v) is 5.93. The SMILES string of the molecule is CC(C)CNC(=O)CCn1c(CCCl)nc2ccccc21. The Labute approximate surface area is 130 Å². The van der Waals surface area contributed by atoms with E-state index in [4.69, 9.17) is 11.6 Å². The molecular weight excluding hydrogens is 286 g/mol. The highest BCUT2D eigenvalue weighted by Gasteiger charge is 2.11. The van der Waals surface area contributed by atoms with Crippen molar-refractivity contribution in [2.45, 2.75) is 33.2 Å². The number of aryl methyl sites for hydroxylation is 2. The fraction of sp³-hybridized carbons (Fsp3) is 0.500. The van der Waals surface area contributed by atoms with E-state index in [1.54, 1.807) is 0 Å². The van der Waals surface area contributed by atoms with Gasteiger partial charge in [-0.05, 0) is 18.1 Å². The summed E-state index contributed by atoms with van der Waals surface area (Å²) in [7, 11) is 0. The van der Waals surface area contributed by atoms with Crippen LogP contribution in [-0.4, -0.2) is 27.9 Å². The molecule has 0 saturated heterocycles. The van der Waals surface area contributed by atoms with Crippen LogP contribution in [0.2, 0.25) is 0 Å². The lowest BCUT2D eigenvalue weighted by atomic mass is 10.2. The Morgan fingerprint density at radius 3 is 2.86 bits per heavy atom. The van der Waals surface area contributed by atoms with Crippen molar-refractivity contribution in [2.75, 3.05) is 12.4 Å². The van der Waals surface area contributed by atoms with Gasteiger partial charge in [-0.3, -0.25) is 4.79 Å². The van der Waals surface area contributed by atoms with E-state index in [1.807, 2.05) is 24.3 Å².